The zero-order valence-electron chi connectivity index (χ0n) is 13.5. The molecule has 0 radical (unpaired) electrons. The SMILES string of the molecule is CCCC(=O)Nc1ccc(CNC(=O)[C@@H]2CC[C@H](CN)O2)cc1. The smallest absolute Gasteiger partial charge is 0.249 e. The van der Waals surface area contributed by atoms with E-state index in [1.165, 1.54) is 0 Å². The Bertz CT molecular complexity index is 530. The molecule has 1 heterocycles. The number of benzene rings is 1. The minimum Gasteiger partial charge on any atom is -0.364 e. The van der Waals surface area contributed by atoms with Crippen LogP contribution in [0.2, 0.25) is 0 Å². The summed E-state index contributed by atoms with van der Waals surface area (Å²) in [5.41, 5.74) is 7.28. The molecule has 126 valence electrons. The molecule has 2 amide bonds. The molecule has 1 saturated heterocycles. The summed E-state index contributed by atoms with van der Waals surface area (Å²) in [6.45, 7) is 2.86. The number of hydrogen-bond donors (Lipinski definition) is 3. The highest BCUT2D eigenvalue weighted by atomic mass is 16.5. The van der Waals surface area contributed by atoms with Crippen LogP contribution in [0.1, 0.15) is 38.2 Å². The summed E-state index contributed by atoms with van der Waals surface area (Å²) < 4.78 is 5.56. The van der Waals surface area contributed by atoms with Gasteiger partial charge < -0.3 is 21.1 Å². The maximum absolute atomic E-state index is 12.0. The Morgan fingerprint density at radius 1 is 1.26 bits per heavy atom. The van der Waals surface area contributed by atoms with Gasteiger partial charge in [-0.25, -0.2) is 0 Å². The minimum atomic E-state index is -0.392. The molecule has 1 aliphatic heterocycles. The van der Waals surface area contributed by atoms with Crippen molar-refractivity contribution in [3.8, 4) is 0 Å². The third-order valence-corrected chi connectivity index (χ3v) is 3.84. The lowest BCUT2D eigenvalue weighted by Gasteiger charge is -2.13. The molecule has 0 bridgehead atoms. The van der Waals surface area contributed by atoms with Crippen molar-refractivity contribution in [2.45, 2.75) is 51.4 Å². The van der Waals surface area contributed by atoms with E-state index in [4.69, 9.17) is 10.5 Å². The topological polar surface area (TPSA) is 93.5 Å². The molecule has 6 nitrogen and oxygen atoms in total. The second-order valence-electron chi connectivity index (χ2n) is 5.77. The summed E-state index contributed by atoms with van der Waals surface area (Å²) in [5, 5.41) is 5.71. The first-order valence-electron chi connectivity index (χ1n) is 8.14. The average molecular weight is 319 g/mol. The summed E-state index contributed by atoms with van der Waals surface area (Å²) in [6, 6.07) is 7.46. The molecule has 0 saturated carbocycles. The van der Waals surface area contributed by atoms with Gasteiger partial charge in [0.25, 0.3) is 0 Å². The zero-order valence-corrected chi connectivity index (χ0v) is 13.5. The van der Waals surface area contributed by atoms with Crippen molar-refractivity contribution < 1.29 is 14.3 Å². The lowest BCUT2D eigenvalue weighted by atomic mass is 10.1. The van der Waals surface area contributed by atoms with Gasteiger partial charge in [-0.2, -0.15) is 0 Å². The van der Waals surface area contributed by atoms with Crippen LogP contribution < -0.4 is 16.4 Å². The molecule has 2 rings (SSSR count). The van der Waals surface area contributed by atoms with E-state index >= 15 is 0 Å². The van der Waals surface area contributed by atoms with Crippen LogP contribution in [0.4, 0.5) is 5.69 Å². The highest BCUT2D eigenvalue weighted by molar-refractivity contribution is 5.90. The van der Waals surface area contributed by atoms with Gasteiger partial charge >= 0.3 is 0 Å². The van der Waals surface area contributed by atoms with Crippen molar-refractivity contribution >= 4 is 17.5 Å². The average Bonchev–Trinajstić information content (AvgIpc) is 3.03. The highest BCUT2D eigenvalue weighted by Crippen LogP contribution is 2.19. The number of amides is 2. The van der Waals surface area contributed by atoms with Gasteiger partial charge in [0.15, 0.2) is 0 Å². The van der Waals surface area contributed by atoms with Gasteiger partial charge in [-0.1, -0.05) is 19.1 Å². The molecule has 4 N–H and O–H groups in total. The molecule has 23 heavy (non-hydrogen) atoms. The Kier molecular flexibility index (Phi) is 6.55. The second kappa shape index (κ2) is 8.64. The van der Waals surface area contributed by atoms with E-state index in [1.54, 1.807) is 0 Å². The summed E-state index contributed by atoms with van der Waals surface area (Å²) >= 11 is 0. The fraction of sp³-hybridized carbons (Fsp3) is 0.529. The molecule has 0 aliphatic carbocycles. The molecule has 1 aliphatic rings. The Balaban J connectivity index is 1.77. The predicted molar refractivity (Wildman–Crippen MR) is 88.8 cm³/mol. The van der Waals surface area contributed by atoms with E-state index in [-0.39, 0.29) is 17.9 Å². The maximum Gasteiger partial charge on any atom is 0.249 e. The van der Waals surface area contributed by atoms with Gasteiger partial charge in [0, 0.05) is 25.2 Å². The molecule has 1 fully saturated rings. The van der Waals surface area contributed by atoms with Crippen LogP contribution in [0.3, 0.4) is 0 Å². The standard InChI is InChI=1S/C17H25N3O3/c1-2-3-16(21)20-13-6-4-12(5-7-13)11-19-17(22)15-9-8-14(10-18)23-15/h4-7,14-15H,2-3,8-11,18H2,1H3,(H,19,22)(H,20,21)/t14-,15+/m1/s1. The molecule has 0 aromatic heterocycles. The Hall–Kier alpha value is -1.92. The van der Waals surface area contributed by atoms with Gasteiger partial charge in [0.1, 0.15) is 6.10 Å². The number of anilines is 1. The van der Waals surface area contributed by atoms with E-state index < -0.39 is 6.10 Å². The van der Waals surface area contributed by atoms with Gasteiger partial charge in [0.05, 0.1) is 6.10 Å². The zero-order chi connectivity index (χ0) is 16.7. The lowest BCUT2D eigenvalue weighted by Crippen LogP contribution is -2.35. The number of nitrogens with one attached hydrogen (secondary N) is 2. The molecule has 1 aromatic carbocycles. The van der Waals surface area contributed by atoms with Crippen LogP contribution in [0, 0.1) is 0 Å². The third-order valence-electron chi connectivity index (χ3n) is 3.84. The van der Waals surface area contributed by atoms with Crippen molar-refractivity contribution in [3.63, 3.8) is 0 Å². The molecule has 1 aromatic rings. The molecule has 6 heteroatoms. The van der Waals surface area contributed by atoms with Crippen molar-refractivity contribution in [3.05, 3.63) is 29.8 Å². The normalized spacial score (nSPS) is 20.3. The van der Waals surface area contributed by atoms with E-state index in [1.807, 2.05) is 31.2 Å². The van der Waals surface area contributed by atoms with Crippen molar-refractivity contribution in [1.29, 1.82) is 0 Å². The van der Waals surface area contributed by atoms with Gasteiger partial charge in [-0.15, -0.1) is 0 Å². The van der Waals surface area contributed by atoms with E-state index in [2.05, 4.69) is 10.6 Å². The van der Waals surface area contributed by atoms with E-state index in [0.717, 1.165) is 30.5 Å². The highest BCUT2D eigenvalue weighted by Gasteiger charge is 2.29. The van der Waals surface area contributed by atoms with E-state index in [0.29, 0.717) is 19.5 Å². The van der Waals surface area contributed by atoms with Gasteiger partial charge in [0.2, 0.25) is 11.8 Å². The number of rotatable bonds is 7. The van der Waals surface area contributed by atoms with Crippen LogP contribution in [-0.2, 0) is 20.9 Å². The van der Waals surface area contributed by atoms with Gasteiger partial charge in [-0.3, -0.25) is 9.59 Å². The molecule has 0 unspecified atom stereocenters. The number of nitrogens with two attached hydrogens (primary N) is 1. The van der Waals surface area contributed by atoms with Crippen molar-refractivity contribution in [1.82, 2.24) is 5.32 Å². The molecular formula is C17H25N3O3. The fourth-order valence-corrected chi connectivity index (χ4v) is 2.53. The van der Waals surface area contributed by atoms with Crippen LogP contribution >= 0.6 is 0 Å². The van der Waals surface area contributed by atoms with Crippen LogP contribution in [0.5, 0.6) is 0 Å². The number of carbonyl (C=O) groups excluding carboxylic acids is 2. The number of carbonyl (C=O) groups is 2. The number of ether oxygens (including phenoxy) is 1. The third kappa shape index (κ3) is 5.33. The largest absolute Gasteiger partial charge is 0.364 e. The number of hydrogen-bond acceptors (Lipinski definition) is 4. The Labute approximate surface area is 136 Å². The van der Waals surface area contributed by atoms with E-state index in [9.17, 15) is 9.59 Å². The summed E-state index contributed by atoms with van der Waals surface area (Å²) in [6.07, 6.45) is 2.50. The second-order valence-corrected chi connectivity index (χ2v) is 5.77. The van der Waals surface area contributed by atoms with Crippen LogP contribution in [0.15, 0.2) is 24.3 Å². The first kappa shape index (κ1) is 17.4. The predicted octanol–water partition coefficient (Wildman–Crippen LogP) is 1.55. The minimum absolute atomic E-state index is 0.00299. The Morgan fingerprint density at radius 2 is 2.00 bits per heavy atom. The summed E-state index contributed by atoms with van der Waals surface area (Å²) in [7, 11) is 0. The first-order chi connectivity index (χ1) is 11.1. The molecular weight excluding hydrogens is 294 g/mol. The monoisotopic (exact) mass is 319 g/mol. The first-order valence-corrected chi connectivity index (χ1v) is 8.14. The quantitative estimate of drug-likeness (QED) is 0.711. The molecule has 2 atom stereocenters. The van der Waals surface area contributed by atoms with Crippen molar-refractivity contribution in [2.75, 3.05) is 11.9 Å². The Morgan fingerprint density at radius 3 is 2.61 bits per heavy atom. The maximum atomic E-state index is 12.0. The fourth-order valence-electron chi connectivity index (χ4n) is 2.53. The van der Waals surface area contributed by atoms with Crippen molar-refractivity contribution in [2.24, 2.45) is 5.73 Å². The lowest BCUT2D eigenvalue weighted by molar-refractivity contribution is -0.132. The summed E-state index contributed by atoms with van der Waals surface area (Å²) in [5.74, 6) is -0.0809. The van der Waals surface area contributed by atoms with Crippen LogP contribution in [-0.4, -0.2) is 30.6 Å². The molecule has 0 spiro atoms. The van der Waals surface area contributed by atoms with Crippen LogP contribution in [0.25, 0.3) is 0 Å². The summed E-state index contributed by atoms with van der Waals surface area (Å²) in [4.78, 5) is 23.6. The van der Waals surface area contributed by atoms with Gasteiger partial charge in [-0.05, 0) is 37.0 Å².